The molecule has 0 heterocycles. The van der Waals surface area contributed by atoms with Gasteiger partial charge in [0.15, 0.2) is 5.78 Å². The van der Waals surface area contributed by atoms with Crippen molar-refractivity contribution in [3.8, 4) is 0 Å². The third-order valence-electron chi connectivity index (χ3n) is 2.95. The second-order valence-electron chi connectivity index (χ2n) is 6.25. The summed E-state index contributed by atoms with van der Waals surface area (Å²) in [5.74, 6) is 0.0696. The molecule has 1 N–H and O–H groups in total. The fourth-order valence-electron chi connectivity index (χ4n) is 1.86. The average molecular weight is 303 g/mol. The van der Waals surface area contributed by atoms with Crippen LogP contribution in [0.4, 0.5) is 4.79 Å². The number of aryl methyl sites for hydroxylation is 1. The highest BCUT2D eigenvalue weighted by molar-refractivity contribution is 5.94. The summed E-state index contributed by atoms with van der Waals surface area (Å²) in [6, 6.07) is 5.65. The second-order valence-corrected chi connectivity index (χ2v) is 6.25. The molecule has 1 amide bonds. The molecule has 0 spiro atoms. The van der Waals surface area contributed by atoms with Gasteiger partial charge in [-0.15, -0.1) is 0 Å². The Bertz CT molecular complexity index is 568. The molecule has 4 nitrogen and oxygen atoms in total. The summed E-state index contributed by atoms with van der Waals surface area (Å²) < 4.78 is 5.15. The third kappa shape index (κ3) is 6.57. The summed E-state index contributed by atoms with van der Waals surface area (Å²) in [5.41, 5.74) is 2.38. The minimum atomic E-state index is -0.477. The molecule has 0 aliphatic rings. The molecule has 1 rings (SSSR count). The van der Waals surface area contributed by atoms with Gasteiger partial charge >= 0.3 is 6.09 Å². The van der Waals surface area contributed by atoms with E-state index in [2.05, 4.69) is 5.32 Å². The first-order chi connectivity index (χ1) is 10.2. The Kier molecular flexibility index (Phi) is 6.35. The zero-order chi connectivity index (χ0) is 16.8. The molecule has 4 heteroatoms. The maximum absolute atomic E-state index is 11.5. The normalized spacial score (nSPS) is 11.5. The van der Waals surface area contributed by atoms with Gasteiger partial charge in [0.05, 0.1) is 0 Å². The molecule has 1 aromatic rings. The summed E-state index contributed by atoms with van der Waals surface area (Å²) in [4.78, 5) is 22.8. The molecule has 0 bridgehead atoms. The van der Waals surface area contributed by atoms with Crippen LogP contribution in [0.1, 0.15) is 55.6 Å². The number of hydrogen-bond donors (Lipinski definition) is 1. The van der Waals surface area contributed by atoms with E-state index in [0.29, 0.717) is 13.0 Å². The monoisotopic (exact) mass is 303 g/mol. The molecule has 0 unspecified atom stereocenters. The van der Waals surface area contributed by atoms with Crippen molar-refractivity contribution in [2.75, 3.05) is 6.54 Å². The van der Waals surface area contributed by atoms with E-state index in [1.165, 1.54) is 0 Å². The molecule has 0 radical (unpaired) electrons. The van der Waals surface area contributed by atoms with Gasteiger partial charge in [-0.05, 0) is 58.2 Å². The zero-order valence-electron chi connectivity index (χ0n) is 14.0. The van der Waals surface area contributed by atoms with E-state index >= 15 is 0 Å². The van der Waals surface area contributed by atoms with Gasteiger partial charge in [0.2, 0.25) is 0 Å². The molecule has 0 aliphatic heterocycles. The van der Waals surface area contributed by atoms with Gasteiger partial charge in [-0.1, -0.05) is 24.3 Å². The molecule has 0 saturated carbocycles. The molecule has 0 fully saturated rings. The van der Waals surface area contributed by atoms with Crippen LogP contribution in [-0.2, 0) is 4.74 Å². The van der Waals surface area contributed by atoms with E-state index in [0.717, 1.165) is 16.7 Å². The van der Waals surface area contributed by atoms with Gasteiger partial charge in [0.25, 0.3) is 0 Å². The number of carbonyl (C=O) groups is 2. The Morgan fingerprint density at radius 2 is 1.95 bits per heavy atom. The third-order valence-corrected chi connectivity index (χ3v) is 2.95. The van der Waals surface area contributed by atoms with Crippen LogP contribution in [0.15, 0.2) is 24.3 Å². The van der Waals surface area contributed by atoms with Gasteiger partial charge in [-0.3, -0.25) is 4.79 Å². The lowest BCUT2D eigenvalue weighted by atomic mass is 10.0. The van der Waals surface area contributed by atoms with Gasteiger partial charge in [-0.2, -0.15) is 0 Å². The van der Waals surface area contributed by atoms with Crippen LogP contribution in [0, 0.1) is 6.92 Å². The van der Waals surface area contributed by atoms with E-state index in [1.807, 2.05) is 58.0 Å². The van der Waals surface area contributed by atoms with E-state index in [9.17, 15) is 9.59 Å². The molecule has 1 aromatic carbocycles. The van der Waals surface area contributed by atoms with Crippen molar-refractivity contribution in [3.63, 3.8) is 0 Å². The van der Waals surface area contributed by atoms with Crippen LogP contribution in [0.3, 0.4) is 0 Å². The first-order valence-electron chi connectivity index (χ1n) is 7.44. The Hall–Kier alpha value is -2.10. The molecule has 0 aromatic heterocycles. The Morgan fingerprint density at radius 1 is 1.27 bits per heavy atom. The predicted octanol–water partition coefficient (Wildman–Crippen LogP) is 4.13. The number of carbonyl (C=O) groups excluding carboxylic acids is 2. The number of amides is 1. The molecule has 0 saturated heterocycles. The van der Waals surface area contributed by atoms with Crippen LogP contribution in [-0.4, -0.2) is 24.0 Å². The van der Waals surface area contributed by atoms with Crippen LogP contribution in [0.25, 0.3) is 6.08 Å². The number of ether oxygens (including phenoxy) is 1. The van der Waals surface area contributed by atoms with Gasteiger partial charge in [0.1, 0.15) is 5.60 Å². The quantitative estimate of drug-likeness (QED) is 0.657. The first kappa shape index (κ1) is 18.0. The number of rotatable bonds is 5. The van der Waals surface area contributed by atoms with Crippen LogP contribution >= 0.6 is 0 Å². The predicted molar refractivity (Wildman–Crippen MR) is 89.1 cm³/mol. The van der Waals surface area contributed by atoms with E-state index in [4.69, 9.17) is 4.74 Å². The largest absolute Gasteiger partial charge is 0.444 e. The summed E-state index contributed by atoms with van der Waals surface area (Å²) >= 11 is 0. The standard InChI is InChI=1S/C18H25NO3/c1-13-12-16(14(2)20)10-9-15(13)8-6-7-11-19-17(21)22-18(3,4)5/h6,8-10,12H,7,11H2,1-5H3,(H,19,21). The SMILES string of the molecule is CC(=O)c1ccc(C=CCCNC(=O)OC(C)(C)C)c(C)c1. The summed E-state index contributed by atoms with van der Waals surface area (Å²) in [7, 11) is 0. The van der Waals surface area contributed by atoms with E-state index < -0.39 is 11.7 Å². The van der Waals surface area contributed by atoms with Crippen molar-refractivity contribution < 1.29 is 14.3 Å². The lowest BCUT2D eigenvalue weighted by molar-refractivity contribution is 0.0528. The molecular formula is C18H25NO3. The Balaban J connectivity index is 2.44. The maximum atomic E-state index is 11.5. The number of benzene rings is 1. The number of Topliss-reactive ketones (excluding diaryl/α,β-unsaturated/α-hetero) is 1. The first-order valence-corrected chi connectivity index (χ1v) is 7.44. The van der Waals surface area contributed by atoms with Crippen molar-refractivity contribution in [1.82, 2.24) is 5.32 Å². The summed E-state index contributed by atoms with van der Waals surface area (Å²) in [6.07, 6.45) is 4.30. The fourth-order valence-corrected chi connectivity index (χ4v) is 1.86. The zero-order valence-corrected chi connectivity index (χ0v) is 14.0. The van der Waals surface area contributed by atoms with E-state index in [-0.39, 0.29) is 5.78 Å². The Labute approximate surface area is 132 Å². The topological polar surface area (TPSA) is 55.4 Å². The molecule has 0 aliphatic carbocycles. The van der Waals surface area contributed by atoms with Gasteiger partial charge in [-0.25, -0.2) is 4.79 Å². The minimum absolute atomic E-state index is 0.0696. The maximum Gasteiger partial charge on any atom is 0.407 e. The van der Waals surface area contributed by atoms with Crippen molar-refractivity contribution >= 4 is 18.0 Å². The lowest BCUT2D eigenvalue weighted by Crippen LogP contribution is -2.32. The molecule has 0 atom stereocenters. The van der Waals surface area contributed by atoms with Crippen LogP contribution in [0.2, 0.25) is 0 Å². The molecule has 22 heavy (non-hydrogen) atoms. The van der Waals surface area contributed by atoms with Crippen molar-refractivity contribution in [3.05, 3.63) is 41.0 Å². The lowest BCUT2D eigenvalue weighted by Gasteiger charge is -2.19. The Morgan fingerprint density at radius 3 is 2.50 bits per heavy atom. The highest BCUT2D eigenvalue weighted by atomic mass is 16.6. The smallest absolute Gasteiger partial charge is 0.407 e. The average Bonchev–Trinajstić information content (AvgIpc) is 2.37. The van der Waals surface area contributed by atoms with Crippen LogP contribution < -0.4 is 5.32 Å². The summed E-state index contributed by atoms with van der Waals surface area (Å²) in [6.45, 7) is 9.56. The van der Waals surface area contributed by atoms with Gasteiger partial charge in [0, 0.05) is 12.1 Å². The van der Waals surface area contributed by atoms with Crippen molar-refractivity contribution in [2.45, 2.75) is 46.6 Å². The van der Waals surface area contributed by atoms with Crippen LogP contribution in [0.5, 0.6) is 0 Å². The summed E-state index contributed by atoms with van der Waals surface area (Å²) in [5, 5.41) is 2.71. The van der Waals surface area contributed by atoms with E-state index in [1.54, 1.807) is 6.92 Å². The number of ketones is 1. The molecular weight excluding hydrogens is 278 g/mol. The minimum Gasteiger partial charge on any atom is -0.444 e. The number of nitrogens with one attached hydrogen (secondary N) is 1. The highest BCUT2D eigenvalue weighted by Gasteiger charge is 2.15. The number of hydrogen-bond acceptors (Lipinski definition) is 3. The van der Waals surface area contributed by atoms with Gasteiger partial charge < -0.3 is 10.1 Å². The highest BCUT2D eigenvalue weighted by Crippen LogP contribution is 2.13. The molecule has 120 valence electrons. The second kappa shape index (κ2) is 7.78. The number of alkyl carbamates (subject to hydrolysis) is 1. The van der Waals surface area contributed by atoms with Crippen molar-refractivity contribution in [1.29, 1.82) is 0 Å². The van der Waals surface area contributed by atoms with Crippen molar-refractivity contribution in [2.24, 2.45) is 0 Å². The fraction of sp³-hybridized carbons (Fsp3) is 0.444.